The molecule has 1 aliphatic heterocycles. The van der Waals surface area contributed by atoms with Crippen LogP contribution in [0.4, 0.5) is 0 Å². The predicted molar refractivity (Wildman–Crippen MR) is 68.8 cm³/mol. The summed E-state index contributed by atoms with van der Waals surface area (Å²) in [5, 5.41) is 0. The van der Waals surface area contributed by atoms with Crippen LogP contribution in [-0.4, -0.2) is 24.9 Å². The highest BCUT2D eigenvalue weighted by Gasteiger charge is 2.56. The van der Waals surface area contributed by atoms with E-state index in [0.29, 0.717) is 24.5 Å². The number of fused-ring (bicyclic) bond motifs is 1. The first kappa shape index (κ1) is 12.0. The molecule has 1 saturated carbocycles. The Labute approximate surface area is 108 Å². The number of hydrogen-bond acceptors (Lipinski definition) is 3. The molecule has 3 nitrogen and oxygen atoms in total. The molecule has 2 aliphatic carbocycles. The average molecular weight is 248 g/mol. The van der Waals surface area contributed by atoms with Gasteiger partial charge in [0.15, 0.2) is 0 Å². The zero-order valence-electron chi connectivity index (χ0n) is 11.0. The van der Waals surface area contributed by atoms with E-state index in [1.165, 1.54) is 0 Å². The Morgan fingerprint density at radius 2 is 2.39 bits per heavy atom. The lowest BCUT2D eigenvalue weighted by atomic mass is 9.59. The third kappa shape index (κ3) is 1.91. The summed E-state index contributed by atoms with van der Waals surface area (Å²) >= 11 is 0. The quantitative estimate of drug-likeness (QED) is 0.553. The lowest BCUT2D eigenvalue weighted by Crippen LogP contribution is -2.57. The summed E-state index contributed by atoms with van der Waals surface area (Å²) < 4.78 is 17.1. The van der Waals surface area contributed by atoms with E-state index in [-0.39, 0.29) is 5.60 Å². The Balaban J connectivity index is 1.71. The summed E-state index contributed by atoms with van der Waals surface area (Å²) in [6, 6.07) is 0. The summed E-state index contributed by atoms with van der Waals surface area (Å²) in [7, 11) is 0. The third-order valence-corrected chi connectivity index (χ3v) is 4.13. The van der Waals surface area contributed by atoms with Gasteiger partial charge in [-0.05, 0) is 25.3 Å². The van der Waals surface area contributed by atoms with Gasteiger partial charge in [0.1, 0.15) is 11.9 Å². The SMILES string of the molecule is C/C=C\OC1=CC=CC2(OCC3CO3)C(C)CC12. The lowest BCUT2D eigenvalue weighted by Gasteiger charge is -2.54. The molecule has 98 valence electrons. The molecule has 0 bridgehead atoms. The van der Waals surface area contributed by atoms with Crippen molar-refractivity contribution in [1.82, 2.24) is 0 Å². The Bertz CT molecular complexity index is 406. The van der Waals surface area contributed by atoms with Crippen molar-refractivity contribution < 1.29 is 14.2 Å². The Morgan fingerprint density at radius 3 is 3.06 bits per heavy atom. The van der Waals surface area contributed by atoms with Gasteiger partial charge >= 0.3 is 0 Å². The largest absolute Gasteiger partial charge is 0.469 e. The number of rotatable bonds is 5. The van der Waals surface area contributed by atoms with Crippen LogP contribution in [0.25, 0.3) is 0 Å². The zero-order valence-corrected chi connectivity index (χ0v) is 11.0. The van der Waals surface area contributed by atoms with Crippen molar-refractivity contribution in [3.8, 4) is 0 Å². The molecule has 0 N–H and O–H groups in total. The Hall–Kier alpha value is -1.06. The fraction of sp³-hybridized carbons (Fsp3) is 0.600. The molecule has 0 aromatic carbocycles. The van der Waals surface area contributed by atoms with Crippen molar-refractivity contribution in [2.45, 2.75) is 32.0 Å². The maximum atomic E-state index is 6.16. The van der Waals surface area contributed by atoms with Crippen LogP contribution in [0.15, 0.2) is 36.3 Å². The van der Waals surface area contributed by atoms with E-state index in [1.54, 1.807) is 6.26 Å². The third-order valence-electron chi connectivity index (χ3n) is 4.13. The fourth-order valence-electron chi connectivity index (χ4n) is 2.89. The van der Waals surface area contributed by atoms with Crippen LogP contribution >= 0.6 is 0 Å². The van der Waals surface area contributed by atoms with Crippen molar-refractivity contribution in [2.24, 2.45) is 11.8 Å². The van der Waals surface area contributed by atoms with Gasteiger partial charge in [0.2, 0.25) is 0 Å². The van der Waals surface area contributed by atoms with Crippen molar-refractivity contribution >= 4 is 0 Å². The average Bonchev–Trinajstić information content (AvgIpc) is 3.18. The molecule has 0 aromatic rings. The topological polar surface area (TPSA) is 31.0 Å². The van der Waals surface area contributed by atoms with Gasteiger partial charge < -0.3 is 14.2 Å². The molecule has 18 heavy (non-hydrogen) atoms. The van der Waals surface area contributed by atoms with Gasteiger partial charge in [0.05, 0.1) is 31.0 Å². The monoisotopic (exact) mass is 248 g/mol. The number of allylic oxidation sites excluding steroid dienone is 3. The van der Waals surface area contributed by atoms with Crippen LogP contribution < -0.4 is 0 Å². The summed E-state index contributed by atoms with van der Waals surface area (Å²) in [5.74, 6) is 1.91. The second kappa shape index (κ2) is 4.56. The summed E-state index contributed by atoms with van der Waals surface area (Å²) in [6.07, 6.45) is 11.4. The van der Waals surface area contributed by atoms with E-state index in [9.17, 15) is 0 Å². The van der Waals surface area contributed by atoms with Crippen molar-refractivity contribution in [2.75, 3.05) is 13.2 Å². The maximum absolute atomic E-state index is 6.16. The molecular formula is C15H20O3. The zero-order chi connectivity index (χ0) is 12.6. The molecule has 0 radical (unpaired) electrons. The normalized spacial score (nSPS) is 41.2. The molecule has 3 heteroatoms. The molecule has 1 heterocycles. The van der Waals surface area contributed by atoms with Crippen LogP contribution in [-0.2, 0) is 14.2 Å². The molecule has 0 aromatic heterocycles. The number of ether oxygens (including phenoxy) is 3. The Morgan fingerprint density at radius 1 is 1.56 bits per heavy atom. The number of epoxide rings is 1. The predicted octanol–water partition coefficient (Wildman–Crippen LogP) is 2.80. The van der Waals surface area contributed by atoms with E-state index in [2.05, 4.69) is 19.1 Å². The van der Waals surface area contributed by atoms with Gasteiger partial charge in [-0.3, -0.25) is 0 Å². The molecule has 4 unspecified atom stereocenters. The van der Waals surface area contributed by atoms with Gasteiger partial charge in [0.25, 0.3) is 0 Å². The van der Waals surface area contributed by atoms with Gasteiger partial charge in [-0.2, -0.15) is 0 Å². The molecule has 3 rings (SSSR count). The highest BCUT2D eigenvalue weighted by atomic mass is 16.6. The minimum atomic E-state index is -0.169. The molecule has 4 atom stereocenters. The van der Waals surface area contributed by atoms with Gasteiger partial charge in [-0.15, -0.1) is 0 Å². The minimum Gasteiger partial charge on any atom is -0.469 e. The van der Waals surface area contributed by atoms with Crippen LogP contribution in [0.2, 0.25) is 0 Å². The molecule has 3 aliphatic rings. The van der Waals surface area contributed by atoms with Gasteiger partial charge in [0, 0.05) is 0 Å². The second-order valence-corrected chi connectivity index (χ2v) is 5.32. The van der Waals surface area contributed by atoms with Crippen LogP contribution in [0.3, 0.4) is 0 Å². The first-order valence-electron chi connectivity index (χ1n) is 6.69. The smallest absolute Gasteiger partial charge is 0.109 e. The standard InChI is InChI=1S/C15H20O3/c1-3-7-16-14-5-4-6-15(11(2)8-13(14)15)18-10-12-9-17-12/h3-7,11-13H,8-10H2,1-2H3/b7-3-. The van der Waals surface area contributed by atoms with Crippen LogP contribution in [0, 0.1) is 11.8 Å². The first-order valence-corrected chi connectivity index (χ1v) is 6.69. The molecule has 0 spiro atoms. The molecule has 1 saturated heterocycles. The summed E-state index contributed by atoms with van der Waals surface area (Å²) in [4.78, 5) is 0. The molecule has 2 fully saturated rings. The van der Waals surface area contributed by atoms with Crippen molar-refractivity contribution in [3.63, 3.8) is 0 Å². The van der Waals surface area contributed by atoms with E-state index in [1.807, 2.05) is 19.1 Å². The minimum absolute atomic E-state index is 0.169. The van der Waals surface area contributed by atoms with E-state index in [0.717, 1.165) is 18.8 Å². The molecular weight excluding hydrogens is 228 g/mol. The van der Waals surface area contributed by atoms with Gasteiger partial charge in [-0.25, -0.2) is 0 Å². The Kier molecular flexibility index (Phi) is 3.04. The van der Waals surface area contributed by atoms with E-state index >= 15 is 0 Å². The summed E-state index contributed by atoms with van der Waals surface area (Å²) in [6.45, 7) is 5.74. The highest BCUT2D eigenvalue weighted by Crippen LogP contribution is 2.53. The number of hydrogen-bond donors (Lipinski definition) is 0. The van der Waals surface area contributed by atoms with Crippen LogP contribution in [0.5, 0.6) is 0 Å². The van der Waals surface area contributed by atoms with Gasteiger partial charge in [-0.1, -0.05) is 25.2 Å². The highest BCUT2D eigenvalue weighted by molar-refractivity contribution is 5.32. The maximum Gasteiger partial charge on any atom is 0.109 e. The van der Waals surface area contributed by atoms with E-state index < -0.39 is 0 Å². The fourth-order valence-corrected chi connectivity index (χ4v) is 2.89. The molecule has 0 amide bonds. The first-order chi connectivity index (χ1) is 8.76. The second-order valence-electron chi connectivity index (χ2n) is 5.32. The van der Waals surface area contributed by atoms with Crippen LogP contribution in [0.1, 0.15) is 20.3 Å². The van der Waals surface area contributed by atoms with E-state index in [4.69, 9.17) is 14.2 Å². The van der Waals surface area contributed by atoms with Crippen molar-refractivity contribution in [3.05, 3.63) is 36.3 Å². The summed E-state index contributed by atoms with van der Waals surface area (Å²) in [5.41, 5.74) is -0.169. The lowest BCUT2D eigenvalue weighted by molar-refractivity contribution is -0.153. The van der Waals surface area contributed by atoms with Crippen molar-refractivity contribution in [1.29, 1.82) is 0 Å².